The summed E-state index contributed by atoms with van der Waals surface area (Å²) in [4.78, 5) is 38.4. The molecule has 1 saturated carbocycles. The third-order valence-corrected chi connectivity index (χ3v) is 12.9. The molecule has 2 fully saturated rings. The molecule has 17 heteroatoms. The summed E-state index contributed by atoms with van der Waals surface area (Å²) in [7, 11) is -3.75. The Bertz CT molecular complexity index is 2200. The summed E-state index contributed by atoms with van der Waals surface area (Å²) in [6.45, 7) is 4.83. The first-order chi connectivity index (χ1) is 24.7. The topological polar surface area (TPSA) is 133 Å². The van der Waals surface area contributed by atoms with Gasteiger partial charge in [0.25, 0.3) is 11.5 Å². The number of rotatable bonds is 10. The molecular weight excluding hydrogens is 743 g/mol. The van der Waals surface area contributed by atoms with Crippen LogP contribution in [0.5, 0.6) is 5.75 Å². The molecule has 2 aliphatic carbocycles. The number of halogens is 4. The minimum atomic E-state index is -4.65. The van der Waals surface area contributed by atoms with Crippen LogP contribution in [0.25, 0.3) is 21.3 Å². The third kappa shape index (κ3) is 7.86. The summed E-state index contributed by atoms with van der Waals surface area (Å²) in [5.74, 6) is 0.323. The van der Waals surface area contributed by atoms with Gasteiger partial charge in [0.1, 0.15) is 18.2 Å². The maximum atomic E-state index is 13.8. The van der Waals surface area contributed by atoms with Gasteiger partial charge >= 0.3 is 6.36 Å². The van der Waals surface area contributed by atoms with Crippen molar-refractivity contribution in [2.45, 2.75) is 89.1 Å². The summed E-state index contributed by atoms with van der Waals surface area (Å²) in [5.41, 5.74) is 3.72. The predicted octanol–water partition coefficient (Wildman–Crippen LogP) is 5.95. The quantitative estimate of drug-likeness (QED) is 0.208. The molecule has 1 atom stereocenters. The van der Waals surface area contributed by atoms with Gasteiger partial charge in [-0.05, 0) is 83.1 Å². The number of hydrogen-bond donors (Lipinski definition) is 1. The number of likely N-dealkylation sites (tertiary alicyclic amines) is 1. The van der Waals surface area contributed by atoms with Crippen molar-refractivity contribution in [3.63, 3.8) is 0 Å². The Hall–Kier alpha value is -3.57. The minimum absolute atomic E-state index is 0.0324. The lowest BCUT2D eigenvalue weighted by Crippen LogP contribution is -2.48. The van der Waals surface area contributed by atoms with E-state index in [1.165, 1.54) is 11.3 Å². The molecule has 1 N–H and O–H groups in total. The predicted molar refractivity (Wildman–Crippen MR) is 190 cm³/mol. The van der Waals surface area contributed by atoms with Crippen molar-refractivity contribution in [1.29, 1.82) is 0 Å². The molecule has 4 aromatic rings. The second-order valence-electron chi connectivity index (χ2n) is 13.5. The van der Waals surface area contributed by atoms with Crippen LogP contribution in [-0.4, -0.2) is 77.2 Å². The first-order valence-electron chi connectivity index (χ1n) is 17.1. The Morgan fingerprint density at radius 2 is 1.83 bits per heavy atom. The second kappa shape index (κ2) is 14.3. The van der Waals surface area contributed by atoms with E-state index in [2.05, 4.69) is 19.3 Å². The highest BCUT2D eigenvalue weighted by atomic mass is 35.5. The zero-order valence-corrected chi connectivity index (χ0v) is 30.9. The number of alkyl halides is 3. The average Bonchev–Trinajstić information content (AvgIpc) is 3.86. The number of pyridine rings is 1. The molecule has 1 aromatic carbocycles. The Kier molecular flexibility index (Phi) is 10.1. The maximum absolute atomic E-state index is 13.8. The molecule has 1 aliphatic heterocycles. The van der Waals surface area contributed by atoms with E-state index >= 15 is 0 Å². The van der Waals surface area contributed by atoms with Gasteiger partial charge in [-0.3, -0.25) is 28.8 Å². The molecule has 0 bridgehead atoms. The van der Waals surface area contributed by atoms with Gasteiger partial charge in [-0.15, -0.1) is 24.5 Å². The highest BCUT2D eigenvalue weighted by molar-refractivity contribution is 7.91. The molecule has 4 heterocycles. The number of ether oxygens (including phenoxy) is 2. The number of sulfonamides is 1. The first-order valence-corrected chi connectivity index (χ1v) is 19.9. The van der Waals surface area contributed by atoms with Crippen LogP contribution in [0, 0.1) is 13.8 Å². The van der Waals surface area contributed by atoms with Crippen molar-refractivity contribution in [3.8, 4) is 16.9 Å². The molecule has 3 aliphatic rings. The number of aryl methyl sites for hydroxylation is 3. The van der Waals surface area contributed by atoms with Gasteiger partial charge in [-0.2, -0.15) is 0 Å². The number of thiophene rings is 1. The molecule has 7 rings (SSSR count). The number of fused-ring (bicyclic) bond motifs is 2. The van der Waals surface area contributed by atoms with Gasteiger partial charge in [0.2, 0.25) is 10.0 Å². The van der Waals surface area contributed by atoms with E-state index in [9.17, 15) is 31.2 Å². The number of nitrogens with one attached hydrogen (secondary N) is 1. The van der Waals surface area contributed by atoms with Gasteiger partial charge in [0.15, 0.2) is 0 Å². The van der Waals surface area contributed by atoms with E-state index in [1.54, 1.807) is 42.0 Å². The highest BCUT2D eigenvalue weighted by Gasteiger charge is 2.38. The summed E-state index contributed by atoms with van der Waals surface area (Å²) in [6.07, 6.45) is -2.03. The molecule has 1 amide bonds. The number of nitrogens with zero attached hydrogens (tertiary/aromatic N) is 4. The van der Waals surface area contributed by atoms with Crippen LogP contribution in [0.3, 0.4) is 0 Å². The third-order valence-electron chi connectivity index (χ3n) is 9.88. The van der Waals surface area contributed by atoms with E-state index in [-0.39, 0.29) is 43.2 Å². The van der Waals surface area contributed by atoms with E-state index < -0.39 is 33.6 Å². The normalized spacial score (nSPS) is 18.8. The standard InChI is InChI=1S/C35H37ClF3N5O6S2/c1-19-15-26(32-31(40-19)28(18-51-32)33(45)42-52(47,48)24-5-6-24)25-16-21(36)3-8-30(25)49-14-13-44-20(2)41-29-7-4-22(17-27(29)34(44)46)43-11-9-23(10-12-43)50-35(37,38)39/h3,8,15-16,18,22-24H,4-7,9-14,17H2,1-2H3,(H,42,45)/t22-/m0/s1. The Balaban J connectivity index is 1.08. The lowest BCUT2D eigenvalue weighted by Gasteiger charge is -2.39. The van der Waals surface area contributed by atoms with Gasteiger partial charge in [-0.25, -0.2) is 18.1 Å². The van der Waals surface area contributed by atoms with Crippen LogP contribution in [0.2, 0.25) is 5.02 Å². The summed E-state index contributed by atoms with van der Waals surface area (Å²) in [5, 5.41) is 1.50. The summed E-state index contributed by atoms with van der Waals surface area (Å²) in [6, 6.07) is 7.06. The molecule has 278 valence electrons. The fourth-order valence-electron chi connectivity index (χ4n) is 7.16. The summed E-state index contributed by atoms with van der Waals surface area (Å²) < 4.78 is 78.0. The molecule has 0 spiro atoms. The largest absolute Gasteiger partial charge is 0.522 e. The molecule has 0 radical (unpaired) electrons. The number of carbonyl (C=O) groups excluding carboxylic acids is 1. The van der Waals surface area contributed by atoms with E-state index in [0.29, 0.717) is 88.0 Å². The molecule has 11 nitrogen and oxygen atoms in total. The van der Waals surface area contributed by atoms with Gasteiger partial charge in [0.05, 0.1) is 39.4 Å². The van der Waals surface area contributed by atoms with Gasteiger partial charge in [-0.1, -0.05) is 11.6 Å². The van der Waals surface area contributed by atoms with Crippen LogP contribution in [-0.2, 0) is 34.1 Å². The molecule has 1 saturated heterocycles. The molecular formula is C35H37ClF3N5O6S2. The van der Waals surface area contributed by atoms with Crippen molar-refractivity contribution in [2.24, 2.45) is 0 Å². The van der Waals surface area contributed by atoms with E-state index in [1.807, 2.05) is 6.07 Å². The van der Waals surface area contributed by atoms with Crippen LogP contribution in [0.1, 0.15) is 65.2 Å². The van der Waals surface area contributed by atoms with E-state index in [0.717, 1.165) is 12.1 Å². The first kappa shape index (κ1) is 36.8. The Morgan fingerprint density at radius 1 is 1.08 bits per heavy atom. The number of benzene rings is 1. The average molecular weight is 780 g/mol. The second-order valence-corrected chi connectivity index (χ2v) is 16.8. The summed E-state index contributed by atoms with van der Waals surface area (Å²) >= 11 is 7.72. The van der Waals surface area contributed by atoms with Crippen molar-refractivity contribution >= 4 is 49.1 Å². The van der Waals surface area contributed by atoms with Crippen molar-refractivity contribution < 1.29 is 35.9 Å². The molecule has 0 unspecified atom stereocenters. The zero-order chi connectivity index (χ0) is 36.9. The fourth-order valence-corrected chi connectivity index (χ4v) is 9.64. The van der Waals surface area contributed by atoms with Crippen LogP contribution in [0.4, 0.5) is 13.2 Å². The molecule has 52 heavy (non-hydrogen) atoms. The Labute approximate surface area is 307 Å². The maximum Gasteiger partial charge on any atom is 0.522 e. The smallest absolute Gasteiger partial charge is 0.491 e. The number of aromatic nitrogens is 3. The van der Waals surface area contributed by atoms with Crippen molar-refractivity contribution in [2.75, 3.05) is 19.7 Å². The van der Waals surface area contributed by atoms with E-state index in [4.69, 9.17) is 21.3 Å². The van der Waals surface area contributed by atoms with Gasteiger partial charge in [0, 0.05) is 51.9 Å². The zero-order valence-electron chi connectivity index (χ0n) is 28.5. The lowest BCUT2D eigenvalue weighted by molar-refractivity contribution is -0.346. The van der Waals surface area contributed by atoms with Gasteiger partial charge < -0.3 is 4.74 Å². The lowest BCUT2D eigenvalue weighted by atomic mass is 9.90. The minimum Gasteiger partial charge on any atom is -0.491 e. The number of carbonyl (C=O) groups is 1. The monoisotopic (exact) mass is 779 g/mol. The van der Waals surface area contributed by atoms with Crippen LogP contribution < -0.4 is 15.0 Å². The highest BCUT2D eigenvalue weighted by Crippen LogP contribution is 2.40. The molecule has 3 aromatic heterocycles. The van der Waals surface area contributed by atoms with Crippen molar-refractivity contribution in [1.82, 2.24) is 24.2 Å². The SMILES string of the molecule is Cc1cc(-c2cc(Cl)ccc2OCCn2c(C)nc3c(c2=O)C[C@@H](N2CCC(OC(F)(F)F)CC2)CC3)c2scc(C(=O)NS(=O)(=O)C3CC3)c2n1. The van der Waals surface area contributed by atoms with Crippen molar-refractivity contribution in [3.05, 3.63) is 73.4 Å². The van der Waals surface area contributed by atoms with Crippen LogP contribution in [0.15, 0.2) is 34.4 Å². The number of amides is 1. The Morgan fingerprint density at radius 3 is 2.54 bits per heavy atom. The number of piperidine rings is 1. The van der Waals surface area contributed by atoms with Crippen LogP contribution >= 0.6 is 22.9 Å². The number of hydrogen-bond acceptors (Lipinski definition) is 10. The fraction of sp³-hybridized carbons (Fsp3) is 0.486.